The predicted octanol–water partition coefficient (Wildman–Crippen LogP) is 2.26. The molecule has 1 aliphatic rings. The smallest absolute Gasteiger partial charge is 0.261 e. The fourth-order valence-electron chi connectivity index (χ4n) is 2.35. The molecule has 1 amide bonds. The zero-order valence-corrected chi connectivity index (χ0v) is 11.2. The summed E-state index contributed by atoms with van der Waals surface area (Å²) >= 11 is 0. The van der Waals surface area contributed by atoms with Gasteiger partial charge in [-0.25, -0.2) is 0 Å². The molecule has 2 aromatic rings. The molecule has 1 N–H and O–H groups in total. The molecule has 0 aliphatic carbocycles. The molecule has 4 heteroatoms. The second-order valence-electron chi connectivity index (χ2n) is 4.93. The van der Waals surface area contributed by atoms with Crippen LogP contribution in [-0.4, -0.2) is 17.0 Å². The van der Waals surface area contributed by atoms with Crippen LogP contribution in [0.3, 0.4) is 0 Å². The van der Waals surface area contributed by atoms with Crippen LogP contribution in [0.2, 0.25) is 0 Å². The first-order valence-electron chi connectivity index (χ1n) is 6.69. The Morgan fingerprint density at radius 3 is 2.95 bits per heavy atom. The molecule has 1 aromatic heterocycles. The van der Waals surface area contributed by atoms with Gasteiger partial charge in [-0.3, -0.25) is 9.78 Å². The Balaban J connectivity index is 1.64. The van der Waals surface area contributed by atoms with E-state index >= 15 is 0 Å². The fourth-order valence-corrected chi connectivity index (χ4v) is 2.35. The molecule has 2 unspecified atom stereocenters. The van der Waals surface area contributed by atoms with Crippen molar-refractivity contribution in [3.8, 4) is 5.75 Å². The van der Waals surface area contributed by atoms with Crippen molar-refractivity contribution in [3.63, 3.8) is 0 Å². The number of rotatable bonds is 3. The van der Waals surface area contributed by atoms with Crippen LogP contribution in [0.4, 0.5) is 0 Å². The van der Waals surface area contributed by atoms with Gasteiger partial charge in [-0.05, 0) is 30.2 Å². The first-order valence-corrected chi connectivity index (χ1v) is 6.69. The number of ether oxygens (including phenoxy) is 1. The molecule has 1 aliphatic heterocycles. The highest BCUT2D eigenvalue weighted by Crippen LogP contribution is 2.28. The van der Waals surface area contributed by atoms with Crippen LogP contribution in [0.5, 0.6) is 5.75 Å². The Morgan fingerprint density at radius 2 is 2.20 bits per heavy atom. The molecule has 3 rings (SSSR count). The van der Waals surface area contributed by atoms with Crippen LogP contribution in [0, 0.1) is 0 Å². The van der Waals surface area contributed by atoms with E-state index in [1.165, 1.54) is 0 Å². The maximum Gasteiger partial charge on any atom is 0.261 e. The molecule has 102 valence electrons. The normalized spacial score (nSPS) is 17.9. The van der Waals surface area contributed by atoms with Crippen molar-refractivity contribution in [1.29, 1.82) is 0 Å². The first-order chi connectivity index (χ1) is 9.74. The third-order valence-corrected chi connectivity index (χ3v) is 3.48. The summed E-state index contributed by atoms with van der Waals surface area (Å²) in [7, 11) is 0. The summed E-state index contributed by atoms with van der Waals surface area (Å²) in [4.78, 5) is 16.3. The number of carbonyl (C=O) groups excluding carboxylic acids is 1. The number of aromatic nitrogens is 1. The zero-order chi connectivity index (χ0) is 13.9. The van der Waals surface area contributed by atoms with Crippen LogP contribution in [0.25, 0.3) is 0 Å². The number of amides is 1. The maximum atomic E-state index is 12.2. The number of benzene rings is 1. The number of para-hydroxylation sites is 1. The van der Waals surface area contributed by atoms with Crippen molar-refractivity contribution in [3.05, 3.63) is 59.9 Å². The van der Waals surface area contributed by atoms with Gasteiger partial charge in [-0.2, -0.15) is 0 Å². The second kappa shape index (κ2) is 5.33. The molecule has 0 saturated heterocycles. The molecule has 4 nitrogen and oxygen atoms in total. The van der Waals surface area contributed by atoms with E-state index < -0.39 is 6.10 Å². The van der Waals surface area contributed by atoms with E-state index in [9.17, 15) is 4.79 Å². The molecule has 2 heterocycles. The Bertz CT molecular complexity index is 588. The van der Waals surface area contributed by atoms with Gasteiger partial charge < -0.3 is 10.1 Å². The lowest BCUT2D eigenvalue weighted by atomic mass is 10.1. The minimum atomic E-state index is -0.438. The summed E-state index contributed by atoms with van der Waals surface area (Å²) in [5.74, 6) is 0.722. The Labute approximate surface area is 117 Å². The fraction of sp³-hybridized carbons (Fsp3) is 0.250. The highest BCUT2D eigenvalue weighted by Gasteiger charge is 2.29. The summed E-state index contributed by atoms with van der Waals surface area (Å²) < 4.78 is 5.68. The van der Waals surface area contributed by atoms with Crippen LogP contribution in [-0.2, 0) is 11.2 Å². The van der Waals surface area contributed by atoms with Gasteiger partial charge >= 0.3 is 0 Å². The lowest BCUT2D eigenvalue weighted by Crippen LogP contribution is -2.38. The highest BCUT2D eigenvalue weighted by atomic mass is 16.5. The van der Waals surface area contributed by atoms with E-state index in [0.29, 0.717) is 6.42 Å². The minimum Gasteiger partial charge on any atom is -0.480 e. The number of hydrogen-bond donors (Lipinski definition) is 1. The van der Waals surface area contributed by atoms with Gasteiger partial charge in [0.1, 0.15) is 5.75 Å². The number of nitrogens with zero attached hydrogens (tertiary/aromatic N) is 1. The average molecular weight is 268 g/mol. The van der Waals surface area contributed by atoms with E-state index in [2.05, 4.69) is 10.3 Å². The molecule has 0 spiro atoms. The van der Waals surface area contributed by atoms with Crippen molar-refractivity contribution >= 4 is 5.91 Å². The lowest BCUT2D eigenvalue weighted by molar-refractivity contribution is -0.127. The maximum absolute atomic E-state index is 12.2. The van der Waals surface area contributed by atoms with Crippen molar-refractivity contribution in [1.82, 2.24) is 10.3 Å². The summed E-state index contributed by atoms with van der Waals surface area (Å²) in [6, 6.07) is 11.5. The Kier molecular flexibility index (Phi) is 3.37. The molecule has 1 aromatic carbocycles. The first kappa shape index (κ1) is 12.7. The topological polar surface area (TPSA) is 51.2 Å². The number of pyridine rings is 1. The zero-order valence-electron chi connectivity index (χ0n) is 11.2. The van der Waals surface area contributed by atoms with Crippen molar-refractivity contribution in [2.24, 2.45) is 0 Å². The molecule has 2 atom stereocenters. The van der Waals surface area contributed by atoms with Crippen LogP contribution >= 0.6 is 0 Å². The predicted molar refractivity (Wildman–Crippen MR) is 75.4 cm³/mol. The van der Waals surface area contributed by atoms with Gasteiger partial charge in [-0.1, -0.05) is 24.3 Å². The van der Waals surface area contributed by atoms with Crippen LogP contribution < -0.4 is 10.1 Å². The SMILES string of the molecule is CC(NC(=O)C1Cc2ccccc2O1)c1cccnc1. The lowest BCUT2D eigenvalue weighted by Gasteiger charge is -2.17. The third kappa shape index (κ3) is 2.50. The van der Waals surface area contributed by atoms with Gasteiger partial charge in [0.2, 0.25) is 0 Å². The Hall–Kier alpha value is -2.36. The summed E-state index contributed by atoms with van der Waals surface area (Å²) in [5.41, 5.74) is 2.07. The summed E-state index contributed by atoms with van der Waals surface area (Å²) in [6.07, 6.45) is 3.66. The molecule has 0 radical (unpaired) electrons. The van der Waals surface area contributed by atoms with E-state index in [1.807, 2.05) is 43.3 Å². The minimum absolute atomic E-state index is 0.0801. The number of carbonyl (C=O) groups is 1. The Morgan fingerprint density at radius 1 is 1.35 bits per heavy atom. The van der Waals surface area contributed by atoms with Gasteiger partial charge in [0.15, 0.2) is 6.10 Å². The monoisotopic (exact) mass is 268 g/mol. The van der Waals surface area contributed by atoms with Crippen molar-refractivity contribution in [2.45, 2.75) is 25.5 Å². The molecular formula is C16H16N2O2. The van der Waals surface area contributed by atoms with Gasteiger partial charge in [0.05, 0.1) is 6.04 Å². The quantitative estimate of drug-likeness (QED) is 0.929. The van der Waals surface area contributed by atoms with Crippen molar-refractivity contribution in [2.75, 3.05) is 0 Å². The second-order valence-corrected chi connectivity index (χ2v) is 4.93. The van der Waals surface area contributed by atoms with E-state index in [-0.39, 0.29) is 11.9 Å². The van der Waals surface area contributed by atoms with Crippen molar-refractivity contribution < 1.29 is 9.53 Å². The van der Waals surface area contributed by atoms with Gasteiger partial charge in [-0.15, -0.1) is 0 Å². The molecule has 20 heavy (non-hydrogen) atoms. The van der Waals surface area contributed by atoms with E-state index in [0.717, 1.165) is 16.9 Å². The van der Waals surface area contributed by atoms with Gasteiger partial charge in [0, 0.05) is 18.8 Å². The summed E-state index contributed by atoms with van der Waals surface area (Å²) in [6.45, 7) is 1.94. The standard InChI is InChI=1S/C16H16N2O2/c1-11(13-6-4-8-17-10-13)18-16(19)15-9-12-5-2-3-7-14(12)20-15/h2-8,10-11,15H,9H2,1H3,(H,18,19). The number of nitrogens with one attached hydrogen (secondary N) is 1. The van der Waals surface area contributed by atoms with Crippen LogP contribution in [0.15, 0.2) is 48.8 Å². The highest BCUT2D eigenvalue weighted by molar-refractivity contribution is 5.82. The van der Waals surface area contributed by atoms with Crippen LogP contribution in [0.1, 0.15) is 24.1 Å². The summed E-state index contributed by atoms with van der Waals surface area (Å²) in [5, 5.41) is 2.97. The van der Waals surface area contributed by atoms with Gasteiger partial charge in [0.25, 0.3) is 5.91 Å². The average Bonchev–Trinajstić information content (AvgIpc) is 2.92. The molecule has 0 fully saturated rings. The number of hydrogen-bond acceptors (Lipinski definition) is 3. The van der Waals surface area contributed by atoms with E-state index in [1.54, 1.807) is 12.4 Å². The largest absolute Gasteiger partial charge is 0.480 e. The molecule has 0 bridgehead atoms. The van der Waals surface area contributed by atoms with E-state index in [4.69, 9.17) is 4.74 Å². The third-order valence-electron chi connectivity index (χ3n) is 3.48. The molecular weight excluding hydrogens is 252 g/mol. The number of fused-ring (bicyclic) bond motifs is 1. The molecule has 0 saturated carbocycles.